The molecule has 0 amide bonds. The molecule has 0 aromatic rings. The van der Waals surface area contributed by atoms with Gasteiger partial charge in [-0.2, -0.15) is 0 Å². The first kappa shape index (κ1) is 79.1. The molecule has 83 heavy (non-hydrogen) atoms. The third kappa shape index (κ3) is 68.7. The second kappa shape index (κ2) is 70.6. The van der Waals surface area contributed by atoms with Crippen LogP contribution in [0.3, 0.4) is 0 Å². The van der Waals surface area contributed by atoms with E-state index in [2.05, 4.69) is 130 Å². The molecule has 0 fully saturated rings. The van der Waals surface area contributed by atoms with Crippen LogP contribution in [0.1, 0.15) is 342 Å². The number of ether oxygens (including phenoxy) is 3. The van der Waals surface area contributed by atoms with Crippen LogP contribution in [-0.2, 0) is 28.6 Å². The van der Waals surface area contributed by atoms with E-state index < -0.39 is 6.10 Å². The third-order valence-corrected chi connectivity index (χ3v) is 15.2. The second-order valence-electron chi connectivity index (χ2n) is 23.4. The minimum absolute atomic E-state index is 0.0810. The monoisotopic (exact) mass is 1150 g/mol. The Labute approximate surface area is 514 Å². The molecule has 0 spiro atoms. The fourth-order valence-corrected chi connectivity index (χ4v) is 10.0. The normalized spacial score (nSPS) is 12.8. The molecular formula is C77H132O6. The summed E-state index contributed by atoms with van der Waals surface area (Å²) in [5, 5.41) is 0. The van der Waals surface area contributed by atoms with Gasteiger partial charge < -0.3 is 14.2 Å². The molecule has 0 saturated heterocycles. The quantitative estimate of drug-likeness (QED) is 0.0261. The maximum absolute atomic E-state index is 13.0. The highest BCUT2D eigenvalue weighted by atomic mass is 16.6. The minimum Gasteiger partial charge on any atom is -0.462 e. The van der Waals surface area contributed by atoms with Gasteiger partial charge in [0.2, 0.25) is 0 Å². The summed E-state index contributed by atoms with van der Waals surface area (Å²) in [7, 11) is 0. The van der Waals surface area contributed by atoms with Gasteiger partial charge in [0.05, 0.1) is 0 Å². The molecule has 6 nitrogen and oxygen atoms in total. The lowest BCUT2D eigenvalue weighted by atomic mass is 10.0. The van der Waals surface area contributed by atoms with E-state index in [-0.39, 0.29) is 31.1 Å². The molecule has 0 aliphatic heterocycles. The Morgan fingerprint density at radius 3 is 0.747 bits per heavy atom. The summed E-state index contributed by atoms with van der Waals surface area (Å²) in [6, 6.07) is 0. The molecule has 0 heterocycles. The van der Waals surface area contributed by atoms with E-state index >= 15 is 0 Å². The molecule has 0 aliphatic rings. The Balaban J connectivity index is 4.32. The highest BCUT2D eigenvalue weighted by molar-refractivity contribution is 5.71. The average Bonchev–Trinajstić information content (AvgIpc) is 3.49. The van der Waals surface area contributed by atoms with Crippen LogP contribution in [0, 0.1) is 0 Å². The molecular weight excluding hydrogens is 1020 g/mol. The van der Waals surface area contributed by atoms with Gasteiger partial charge in [-0.15, -0.1) is 0 Å². The Bertz CT molecular complexity index is 1660. The van der Waals surface area contributed by atoms with Gasteiger partial charge in [-0.1, -0.05) is 310 Å². The maximum atomic E-state index is 13.0. The predicted molar refractivity (Wildman–Crippen MR) is 362 cm³/mol. The molecule has 0 aromatic heterocycles. The van der Waals surface area contributed by atoms with Crippen molar-refractivity contribution in [3.05, 3.63) is 109 Å². The second-order valence-corrected chi connectivity index (χ2v) is 23.4. The molecule has 0 rings (SSSR count). The minimum atomic E-state index is -0.787. The van der Waals surface area contributed by atoms with Crippen molar-refractivity contribution in [2.24, 2.45) is 0 Å². The topological polar surface area (TPSA) is 78.9 Å². The van der Waals surface area contributed by atoms with Crippen molar-refractivity contribution in [2.75, 3.05) is 13.2 Å². The summed E-state index contributed by atoms with van der Waals surface area (Å²) in [6.07, 6.45) is 96.8. The van der Waals surface area contributed by atoms with Crippen molar-refractivity contribution < 1.29 is 28.6 Å². The van der Waals surface area contributed by atoms with Crippen molar-refractivity contribution in [3.8, 4) is 0 Å². The zero-order valence-corrected chi connectivity index (χ0v) is 54.7. The average molecular weight is 1150 g/mol. The van der Waals surface area contributed by atoms with Crippen LogP contribution in [0.25, 0.3) is 0 Å². The van der Waals surface area contributed by atoms with Gasteiger partial charge >= 0.3 is 17.9 Å². The summed E-state index contributed by atoms with van der Waals surface area (Å²) in [6.45, 7) is 6.44. The van der Waals surface area contributed by atoms with E-state index in [1.54, 1.807) is 0 Å². The third-order valence-electron chi connectivity index (χ3n) is 15.2. The zero-order chi connectivity index (χ0) is 59.9. The number of allylic oxidation sites excluding steroid dienone is 18. The van der Waals surface area contributed by atoms with Crippen molar-refractivity contribution in [3.63, 3.8) is 0 Å². The summed E-state index contributed by atoms with van der Waals surface area (Å²) in [4.78, 5) is 38.5. The van der Waals surface area contributed by atoms with Crippen LogP contribution >= 0.6 is 0 Å². The Morgan fingerprint density at radius 1 is 0.253 bits per heavy atom. The summed E-state index contributed by atoms with van der Waals surface area (Å²) >= 11 is 0. The smallest absolute Gasteiger partial charge is 0.306 e. The molecule has 0 bridgehead atoms. The molecule has 0 radical (unpaired) electrons. The number of hydrogen-bond donors (Lipinski definition) is 0. The van der Waals surface area contributed by atoms with Crippen LogP contribution in [0.15, 0.2) is 109 Å². The molecule has 476 valence electrons. The number of esters is 3. The number of carbonyl (C=O) groups is 3. The number of rotatable bonds is 64. The number of carbonyl (C=O) groups excluding carboxylic acids is 3. The lowest BCUT2D eigenvalue weighted by Crippen LogP contribution is -2.30. The summed E-state index contributed by atoms with van der Waals surface area (Å²) in [5.41, 5.74) is 0. The Kier molecular flexibility index (Phi) is 67.2. The lowest BCUT2D eigenvalue weighted by Gasteiger charge is -2.18. The fourth-order valence-electron chi connectivity index (χ4n) is 10.0. The van der Waals surface area contributed by atoms with E-state index in [1.165, 1.54) is 186 Å². The van der Waals surface area contributed by atoms with E-state index in [0.29, 0.717) is 19.3 Å². The molecule has 0 aliphatic carbocycles. The predicted octanol–water partition coefficient (Wildman–Crippen LogP) is 24.6. The lowest BCUT2D eigenvalue weighted by molar-refractivity contribution is -0.167. The van der Waals surface area contributed by atoms with Crippen LogP contribution < -0.4 is 0 Å². The van der Waals surface area contributed by atoms with E-state index in [0.717, 1.165) is 116 Å². The van der Waals surface area contributed by atoms with E-state index in [4.69, 9.17) is 14.2 Å². The first-order valence-corrected chi connectivity index (χ1v) is 35.4. The van der Waals surface area contributed by atoms with Crippen LogP contribution in [-0.4, -0.2) is 37.2 Å². The van der Waals surface area contributed by atoms with Gasteiger partial charge in [0.25, 0.3) is 0 Å². The molecule has 0 N–H and O–H groups in total. The summed E-state index contributed by atoms with van der Waals surface area (Å²) in [5.74, 6) is -0.880. The van der Waals surface area contributed by atoms with Gasteiger partial charge in [-0.3, -0.25) is 14.4 Å². The van der Waals surface area contributed by atoms with Crippen molar-refractivity contribution in [1.82, 2.24) is 0 Å². The Hall–Kier alpha value is -3.93. The molecule has 1 unspecified atom stereocenters. The fraction of sp³-hybridized carbons (Fsp3) is 0.727. The van der Waals surface area contributed by atoms with Gasteiger partial charge in [-0.05, 0) is 122 Å². The zero-order valence-electron chi connectivity index (χ0n) is 54.7. The van der Waals surface area contributed by atoms with Crippen LogP contribution in [0.5, 0.6) is 0 Å². The van der Waals surface area contributed by atoms with Crippen LogP contribution in [0.4, 0.5) is 0 Å². The molecule has 0 saturated carbocycles. The van der Waals surface area contributed by atoms with Gasteiger partial charge in [-0.25, -0.2) is 0 Å². The maximum Gasteiger partial charge on any atom is 0.306 e. The van der Waals surface area contributed by atoms with Crippen molar-refractivity contribution in [1.29, 1.82) is 0 Å². The van der Waals surface area contributed by atoms with Crippen molar-refractivity contribution >= 4 is 17.9 Å². The highest BCUT2D eigenvalue weighted by Crippen LogP contribution is 2.17. The first-order chi connectivity index (χ1) is 41.0. The molecule has 0 aromatic carbocycles. The molecule has 6 heteroatoms. The van der Waals surface area contributed by atoms with Crippen LogP contribution in [0.2, 0.25) is 0 Å². The Morgan fingerprint density at radius 2 is 0.470 bits per heavy atom. The standard InChI is InChI=1S/C77H132O6/c1-4-7-10-13-16-19-22-25-28-30-32-34-36-37-38-39-41-42-44-46-49-52-55-58-61-64-67-70-76(79)82-73-74(72-81-75(78)69-66-63-60-57-54-51-48-27-24-21-18-15-12-9-6-3)83-77(80)71-68-65-62-59-56-53-50-47-45-43-40-35-33-31-29-26-23-20-17-14-11-8-5-2/h7-8,10-11,16-17,19-20,25-29,32-35,48,74H,4-6,9,12-15,18,21-24,30-31,36-47,49-73H2,1-3H3/b10-7-,11-8-,19-16-,20-17-,28-25-,29-26-,34-32-,35-33-,48-27-. The largest absolute Gasteiger partial charge is 0.462 e. The summed E-state index contributed by atoms with van der Waals surface area (Å²) < 4.78 is 17.0. The van der Waals surface area contributed by atoms with Gasteiger partial charge in [0.1, 0.15) is 13.2 Å². The number of unbranched alkanes of at least 4 members (excludes halogenated alkanes) is 35. The number of hydrogen-bond acceptors (Lipinski definition) is 6. The van der Waals surface area contributed by atoms with E-state index in [9.17, 15) is 14.4 Å². The van der Waals surface area contributed by atoms with E-state index in [1.807, 2.05) is 0 Å². The molecule has 1 atom stereocenters. The van der Waals surface area contributed by atoms with Gasteiger partial charge in [0, 0.05) is 19.3 Å². The first-order valence-electron chi connectivity index (χ1n) is 35.4. The van der Waals surface area contributed by atoms with Gasteiger partial charge in [0.15, 0.2) is 6.10 Å². The highest BCUT2D eigenvalue weighted by Gasteiger charge is 2.19. The van der Waals surface area contributed by atoms with Crippen molar-refractivity contribution in [2.45, 2.75) is 348 Å². The SMILES string of the molecule is CC/C=C\C/C=C\C/C=C\C/C=C\CCCCCCCCCCCCCCCCC(=O)OCC(COC(=O)CCCCCCC/C=C\CCCCCCCC)OC(=O)CCCCCCCCCCCC/C=C\C/C=C\C/C=C\C/C=C\CC.